The molecular formula is C50H27N5O. The zero-order valence-electron chi connectivity index (χ0n) is 29.7. The molecule has 0 fully saturated rings. The molecular weight excluding hydrogens is 687 g/mol. The van der Waals surface area contributed by atoms with Gasteiger partial charge in [-0.2, -0.15) is 4.98 Å². The molecule has 0 aliphatic rings. The van der Waals surface area contributed by atoms with Gasteiger partial charge >= 0.3 is 0 Å². The van der Waals surface area contributed by atoms with Crippen molar-refractivity contribution in [2.24, 2.45) is 0 Å². The molecule has 8 aromatic carbocycles. The first-order valence-electron chi connectivity index (χ1n) is 19.0. The van der Waals surface area contributed by atoms with Gasteiger partial charge in [0.15, 0.2) is 11.4 Å². The Morgan fingerprint density at radius 2 is 0.982 bits per heavy atom. The Bertz CT molecular complexity index is 3960. The molecule has 0 unspecified atom stereocenters. The molecule has 0 radical (unpaired) electrons. The maximum Gasteiger partial charge on any atom is 0.237 e. The van der Waals surface area contributed by atoms with E-state index < -0.39 is 0 Å². The summed E-state index contributed by atoms with van der Waals surface area (Å²) in [6.45, 7) is 0. The van der Waals surface area contributed by atoms with Crippen molar-refractivity contribution < 1.29 is 4.42 Å². The second kappa shape index (κ2) is 10.1. The average Bonchev–Trinajstić information content (AvgIpc) is 4.05. The van der Waals surface area contributed by atoms with Crippen molar-refractivity contribution in [1.82, 2.24) is 23.5 Å². The quantitative estimate of drug-likeness (QED) is 0.179. The summed E-state index contributed by atoms with van der Waals surface area (Å²) in [5.74, 6) is 1.31. The van der Waals surface area contributed by atoms with Crippen molar-refractivity contribution in [3.8, 4) is 11.8 Å². The van der Waals surface area contributed by atoms with Crippen LogP contribution in [0.15, 0.2) is 168 Å². The van der Waals surface area contributed by atoms with Crippen molar-refractivity contribution in [1.29, 1.82) is 0 Å². The number of fused-ring (bicyclic) bond motifs is 18. The Hall–Kier alpha value is -7.70. The van der Waals surface area contributed by atoms with E-state index in [4.69, 9.17) is 14.4 Å². The molecule has 0 saturated carbocycles. The number of aromatic nitrogens is 5. The van der Waals surface area contributed by atoms with Crippen LogP contribution in [0.3, 0.4) is 0 Å². The smallest absolute Gasteiger partial charge is 0.237 e. The number of furan rings is 1. The summed E-state index contributed by atoms with van der Waals surface area (Å²) in [6, 6.07) is 58.5. The maximum atomic E-state index is 6.81. The molecule has 6 heterocycles. The van der Waals surface area contributed by atoms with E-state index in [0.29, 0.717) is 17.3 Å². The van der Waals surface area contributed by atoms with Gasteiger partial charge in [-0.25, -0.2) is 4.98 Å². The fourth-order valence-corrected chi connectivity index (χ4v) is 9.95. The number of hydrogen-bond acceptors (Lipinski definition) is 3. The van der Waals surface area contributed by atoms with Gasteiger partial charge in [0, 0.05) is 53.9 Å². The minimum atomic E-state index is 0.599. The monoisotopic (exact) mass is 713 g/mol. The lowest BCUT2D eigenvalue weighted by molar-refractivity contribution is 0.661. The lowest BCUT2D eigenvalue weighted by Gasteiger charge is -2.12. The van der Waals surface area contributed by atoms with Crippen molar-refractivity contribution in [3.05, 3.63) is 164 Å². The summed E-state index contributed by atoms with van der Waals surface area (Å²) in [7, 11) is 0. The first kappa shape index (κ1) is 28.8. The number of para-hydroxylation sites is 5. The Morgan fingerprint density at radius 3 is 1.73 bits per heavy atom. The van der Waals surface area contributed by atoms with Gasteiger partial charge in [0.25, 0.3) is 0 Å². The molecule has 0 N–H and O–H groups in total. The van der Waals surface area contributed by atoms with Gasteiger partial charge in [-0.15, -0.1) is 0 Å². The minimum Gasteiger partial charge on any atom is -0.450 e. The Balaban J connectivity index is 1.22. The standard InChI is InChI=1S/C50H27N5O/c1-2-14-29-28(13-1)25-26-32-36-27-41-43(44-34-18-6-11-23-40(34)55(46(29)32)47(36)44)33-17-5-10-22-39(33)53(41)49-48-45(35-19-7-12-24-42(35)56-48)51-50(52-49)54-37-20-8-3-15-30(37)31-16-4-9-21-38(31)54/h1-27H. The number of nitrogens with zero attached hydrogens (tertiary/aromatic N) is 5. The van der Waals surface area contributed by atoms with Gasteiger partial charge in [0.1, 0.15) is 11.1 Å². The highest BCUT2D eigenvalue weighted by atomic mass is 16.3. The van der Waals surface area contributed by atoms with Crippen LogP contribution in [0.1, 0.15) is 0 Å². The fraction of sp³-hybridized carbons (Fsp3) is 0. The molecule has 6 aromatic heterocycles. The molecule has 6 heteroatoms. The Labute approximate surface area is 317 Å². The SMILES string of the molecule is c1ccc2c(c1)ccc1c3cc4c(c5ccccc5n4-c4nc(-n5c6ccccc6c6ccccc65)nc5c4oc4ccccc45)c4c5ccccc5n(c21)c34. The normalized spacial score (nSPS) is 12.6. The van der Waals surface area contributed by atoms with Crippen LogP contribution >= 0.6 is 0 Å². The second-order valence-electron chi connectivity index (χ2n) is 14.9. The molecule has 0 spiro atoms. The van der Waals surface area contributed by atoms with E-state index in [1.807, 2.05) is 12.1 Å². The first-order chi connectivity index (χ1) is 27.8. The molecule has 6 nitrogen and oxygen atoms in total. The molecule has 56 heavy (non-hydrogen) atoms. The third-order valence-electron chi connectivity index (χ3n) is 12.2. The molecule has 0 atom stereocenters. The summed E-state index contributed by atoms with van der Waals surface area (Å²) < 4.78 is 13.8. The highest BCUT2D eigenvalue weighted by Gasteiger charge is 2.28. The molecule has 0 amide bonds. The highest BCUT2D eigenvalue weighted by molar-refractivity contribution is 6.37. The van der Waals surface area contributed by atoms with E-state index in [-0.39, 0.29) is 0 Å². The van der Waals surface area contributed by atoms with Crippen LogP contribution in [-0.4, -0.2) is 23.5 Å². The molecule has 14 rings (SSSR count). The van der Waals surface area contributed by atoms with Crippen LogP contribution in [0.5, 0.6) is 0 Å². The van der Waals surface area contributed by atoms with Crippen LogP contribution < -0.4 is 0 Å². The topological polar surface area (TPSA) is 53.2 Å². The van der Waals surface area contributed by atoms with Gasteiger partial charge in [0.05, 0.1) is 38.6 Å². The fourth-order valence-electron chi connectivity index (χ4n) is 9.95. The molecule has 258 valence electrons. The lowest BCUT2D eigenvalue weighted by Crippen LogP contribution is -2.06. The molecule has 0 aliphatic carbocycles. The summed E-state index contributed by atoms with van der Waals surface area (Å²) in [6.07, 6.45) is 0. The third kappa shape index (κ3) is 3.39. The first-order valence-corrected chi connectivity index (χ1v) is 19.0. The van der Waals surface area contributed by atoms with Gasteiger partial charge in [-0.05, 0) is 47.9 Å². The Kier molecular flexibility index (Phi) is 5.18. The summed E-state index contributed by atoms with van der Waals surface area (Å²) in [4.78, 5) is 10.9. The lowest BCUT2D eigenvalue weighted by atomic mass is 10.0. The minimum absolute atomic E-state index is 0.599. The summed E-state index contributed by atoms with van der Waals surface area (Å²) in [5.41, 5.74) is 10.2. The highest BCUT2D eigenvalue weighted by Crippen LogP contribution is 2.48. The van der Waals surface area contributed by atoms with Gasteiger partial charge in [-0.1, -0.05) is 121 Å². The van der Waals surface area contributed by atoms with Gasteiger partial charge in [0.2, 0.25) is 5.95 Å². The van der Waals surface area contributed by atoms with Crippen LogP contribution in [0.25, 0.3) is 126 Å². The van der Waals surface area contributed by atoms with Crippen molar-refractivity contribution in [2.45, 2.75) is 0 Å². The zero-order chi connectivity index (χ0) is 36.2. The van der Waals surface area contributed by atoms with Crippen LogP contribution in [0.2, 0.25) is 0 Å². The Morgan fingerprint density at radius 1 is 0.393 bits per heavy atom. The number of hydrogen-bond donors (Lipinski definition) is 0. The molecule has 0 saturated heterocycles. The third-order valence-corrected chi connectivity index (χ3v) is 12.2. The molecule has 0 bridgehead atoms. The van der Waals surface area contributed by atoms with Gasteiger partial charge < -0.3 is 8.82 Å². The zero-order valence-corrected chi connectivity index (χ0v) is 29.7. The maximum absolute atomic E-state index is 6.81. The molecule has 0 aliphatic heterocycles. The van der Waals surface area contributed by atoms with E-state index in [2.05, 4.69) is 165 Å². The van der Waals surface area contributed by atoms with Crippen molar-refractivity contribution >= 4 is 115 Å². The van der Waals surface area contributed by atoms with E-state index >= 15 is 0 Å². The van der Waals surface area contributed by atoms with E-state index in [9.17, 15) is 0 Å². The number of benzene rings is 8. The van der Waals surface area contributed by atoms with E-state index in [1.54, 1.807) is 0 Å². The van der Waals surface area contributed by atoms with Crippen LogP contribution in [0, 0.1) is 0 Å². The number of rotatable bonds is 2. The predicted molar refractivity (Wildman–Crippen MR) is 230 cm³/mol. The van der Waals surface area contributed by atoms with Gasteiger partial charge in [-0.3, -0.25) is 9.13 Å². The van der Waals surface area contributed by atoms with E-state index in [0.717, 1.165) is 49.3 Å². The summed E-state index contributed by atoms with van der Waals surface area (Å²) >= 11 is 0. The van der Waals surface area contributed by atoms with E-state index in [1.165, 1.54) is 59.6 Å². The second-order valence-corrected chi connectivity index (χ2v) is 14.9. The molecule has 14 aromatic rings. The largest absolute Gasteiger partial charge is 0.450 e. The van der Waals surface area contributed by atoms with Crippen molar-refractivity contribution in [2.75, 3.05) is 0 Å². The average molecular weight is 714 g/mol. The predicted octanol–water partition coefficient (Wildman–Crippen LogP) is 12.9. The van der Waals surface area contributed by atoms with Crippen molar-refractivity contribution in [3.63, 3.8) is 0 Å². The van der Waals surface area contributed by atoms with Crippen LogP contribution in [0.4, 0.5) is 0 Å². The summed E-state index contributed by atoms with van der Waals surface area (Å²) in [5, 5.41) is 13.1. The van der Waals surface area contributed by atoms with Crippen LogP contribution in [-0.2, 0) is 0 Å².